The third-order valence-corrected chi connectivity index (χ3v) is 3.09. The number of carbonyl (C=O) groups excluding carboxylic acids is 1. The lowest BCUT2D eigenvalue weighted by Gasteiger charge is -2.02. The van der Waals surface area contributed by atoms with Gasteiger partial charge in [0.1, 0.15) is 5.82 Å². The number of hydrogen-bond acceptors (Lipinski definition) is 5. The number of carbonyl (C=O) groups is 1. The lowest BCUT2D eigenvalue weighted by atomic mass is 10.3. The van der Waals surface area contributed by atoms with E-state index < -0.39 is 28.1 Å². The molecule has 0 N–H and O–H groups in total. The molecule has 7 heteroatoms. The Hall–Kier alpha value is -2.54. The molecule has 0 unspecified atom stereocenters. The van der Waals surface area contributed by atoms with Gasteiger partial charge in [-0.15, -0.1) is 11.3 Å². The van der Waals surface area contributed by atoms with E-state index in [9.17, 15) is 19.3 Å². The van der Waals surface area contributed by atoms with Crippen molar-refractivity contribution < 1.29 is 18.8 Å². The van der Waals surface area contributed by atoms with Gasteiger partial charge in [-0.1, -0.05) is 6.07 Å². The SMILES string of the molecule is O=C(C=Cc1cccs1)Oc1cc(F)ccc1[N+](=O)[O-]. The average molecular weight is 293 g/mol. The molecule has 0 saturated heterocycles. The predicted molar refractivity (Wildman–Crippen MR) is 72.0 cm³/mol. The summed E-state index contributed by atoms with van der Waals surface area (Å²) in [6, 6.07) is 6.28. The van der Waals surface area contributed by atoms with Crippen molar-refractivity contribution in [2.24, 2.45) is 0 Å². The van der Waals surface area contributed by atoms with E-state index in [1.807, 2.05) is 11.4 Å². The van der Waals surface area contributed by atoms with E-state index in [1.54, 1.807) is 6.07 Å². The second-order valence-corrected chi connectivity index (χ2v) is 4.62. The van der Waals surface area contributed by atoms with Crippen molar-refractivity contribution in [2.75, 3.05) is 0 Å². The molecule has 1 heterocycles. The van der Waals surface area contributed by atoms with Crippen LogP contribution in [0.2, 0.25) is 0 Å². The molecule has 2 rings (SSSR count). The van der Waals surface area contributed by atoms with Crippen molar-refractivity contribution in [1.29, 1.82) is 0 Å². The first-order chi connectivity index (χ1) is 9.56. The molecule has 0 amide bonds. The highest BCUT2D eigenvalue weighted by atomic mass is 32.1. The zero-order valence-electron chi connectivity index (χ0n) is 9.99. The van der Waals surface area contributed by atoms with E-state index in [0.717, 1.165) is 29.2 Å². The highest BCUT2D eigenvalue weighted by Crippen LogP contribution is 2.27. The molecule has 0 fully saturated rings. The molecule has 0 radical (unpaired) electrons. The maximum absolute atomic E-state index is 13.0. The molecule has 0 saturated carbocycles. The van der Waals surface area contributed by atoms with Gasteiger partial charge in [0.15, 0.2) is 0 Å². The van der Waals surface area contributed by atoms with Crippen LogP contribution in [-0.2, 0) is 4.79 Å². The Balaban J connectivity index is 2.15. The van der Waals surface area contributed by atoms with E-state index in [1.165, 1.54) is 17.4 Å². The van der Waals surface area contributed by atoms with Crippen LogP contribution in [0.25, 0.3) is 6.08 Å². The van der Waals surface area contributed by atoms with Gasteiger partial charge in [0.25, 0.3) is 0 Å². The van der Waals surface area contributed by atoms with Gasteiger partial charge in [-0.2, -0.15) is 0 Å². The standard InChI is InChI=1S/C13H8FNO4S/c14-9-3-5-11(15(17)18)12(8-9)19-13(16)6-4-10-2-1-7-20-10/h1-8H. The van der Waals surface area contributed by atoms with Crippen LogP contribution >= 0.6 is 11.3 Å². The van der Waals surface area contributed by atoms with Gasteiger partial charge in [-0.3, -0.25) is 10.1 Å². The highest BCUT2D eigenvalue weighted by molar-refractivity contribution is 7.10. The Morgan fingerprint density at radius 1 is 1.40 bits per heavy atom. The Labute approximate surface area is 117 Å². The zero-order valence-corrected chi connectivity index (χ0v) is 10.8. The summed E-state index contributed by atoms with van der Waals surface area (Å²) in [5.74, 6) is -1.96. The first kappa shape index (κ1) is 13.9. The first-order valence-corrected chi connectivity index (χ1v) is 6.31. The van der Waals surface area contributed by atoms with E-state index >= 15 is 0 Å². The third-order valence-electron chi connectivity index (χ3n) is 2.26. The molecule has 0 aliphatic heterocycles. The normalized spacial score (nSPS) is 10.7. The van der Waals surface area contributed by atoms with E-state index in [4.69, 9.17) is 4.74 Å². The highest BCUT2D eigenvalue weighted by Gasteiger charge is 2.17. The van der Waals surface area contributed by atoms with Crippen LogP contribution in [0.4, 0.5) is 10.1 Å². The average Bonchev–Trinajstić information content (AvgIpc) is 2.89. The lowest BCUT2D eigenvalue weighted by Crippen LogP contribution is -2.06. The van der Waals surface area contributed by atoms with E-state index in [-0.39, 0.29) is 0 Å². The van der Waals surface area contributed by atoms with Crippen molar-refractivity contribution in [2.45, 2.75) is 0 Å². The molecule has 0 spiro atoms. The Kier molecular flexibility index (Phi) is 4.21. The van der Waals surface area contributed by atoms with Crippen LogP contribution in [0.1, 0.15) is 4.88 Å². The number of hydrogen-bond donors (Lipinski definition) is 0. The molecule has 0 aliphatic carbocycles. The molecule has 0 aliphatic rings. The van der Waals surface area contributed by atoms with E-state index in [2.05, 4.69) is 0 Å². The number of nitro groups is 1. The van der Waals surface area contributed by atoms with Crippen molar-refractivity contribution in [1.82, 2.24) is 0 Å². The van der Waals surface area contributed by atoms with Gasteiger partial charge in [0.05, 0.1) is 4.92 Å². The van der Waals surface area contributed by atoms with Crippen molar-refractivity contribution >= 4 is 29.1 Å². The molecule has 2 aromatic rings. The Bertz CT molecular complexity index is 667. The number of ether oxygens (including phenoxy) is 1. The zero-order chi connectivity index (χ0) is 14.5. The fraction of sp³-hybridized carbons (Fsp3) is 0. The summed E-state index contributed by atoms with van der Waals surface area (Å²) in [4.78, 5) is 22.4. The van der Waals surface area contributed by atoms with Crippen LogP contribution in [0.15, 0.2) is 41.8 Å². The second-order valence-electron chi connectivity index (χ2n) is 3.64. The van der Waals surface area contributed by atoms with Crippen molar-refractivity contribution in [3.8, 4) is 5.75 Å². The Morgan fingerprint density at radius 2 is 2.20 bits per heavy atom. The minimum atomic E-state index is -0.813. The molecule has 5 nitrogen and oxygen atoms in total. The van der Waals surface area contributed by atoms with Gasteiger partial charge in [-0.25, -0.2) is 9.18 Å². The summed E-state index contributed by atoms with van der Waals surface area (Å²) in [5, 5.41) is 12.6. The number of benzene rings is 1. The minimum absolute atomic E-state index is 0.421. The minimum Gasteiger partial charge on any atom is -0.416 e. The van der Waals surface area contributed by atoms with Crippen molar-refractivity contribution in [3.05, 3.63) is 62.6 Å². The monoisotopic (exact) mass is 293 g/mol. The second kappa shape index (κ2) is 6.07. The fourth-order valence-corrected chi connectivity index (χ4v) is 2.02. The number of rotatable bonds is 4. The van der Waals surface area contributed by atoms with Crippen LogP contribution in [-0.4, -0.2) is 10.9 Å². The molecule has 0 atom stereocenters. The van der Waals surface area contributed by atoms with Crippen LogP contribution in [0, 0.1) is 15.9 Å². The largest absolute Gasteiger partial charge is 0.416 e. The van der Waals surface area contributed by atoms with Gasteiger partial charge in [0.2, 0.25) is 5.75 Å². The summed E-state index contributed by atoms with van der Waals surface area (Å²) in [6.45, 7) is 0. The quantitative estimate of drug-likeness (QED) is 0.285. The first-order valence-electron chi connectivity index (χ1n) is 5.43. The van der Waals surface area contributed by atoms with Crippen LogP contribution in [0.5, 0.6) is 5.75 Å². The summed E-state index contributed by atoms with van der Waals surface area (Å²) < 4.78 is 17.8. The number of nitro benzene ring substituents is 1. The summed E-state index contributed by atoms with van der Waals surface area (Å²) in [7, 11) is 0. The molecular weight excluding hydrogens is 285 g/mol. The number of thiophene rings is 1. The number of esters is 1. The van der Waals surface area contributed by atoms with Gasteiger partial charge in [-0.05, 0) is 23.6 Å². The number of halogens is 1. The molecule has 0 bridgehead atoms. The molecular formula is C13H8FNO4S. The van der Waals surface area contributed by atoms with Crippen LogP contribution < -0.4 is 4.74 Å². The summed E-state index contributed by atoms with van der Waals surface area (Å²) in [5.41, 5.74) is -0.468. The summed E-state index contributed by atoms with van der Waals surface area (Å²) in [6.07, 6.45) is 2.64. The van der Waals surface area contributed by atoms with Gasteiger partial charge < -0.3 is 4.74 Å². The van der Waals surface area contributed by atoms with Crippen LogP contribution in [0.3, 0.4) is 0 Å². The smallest absolute Gasteiger partial charge is 0.336 e. The molecule has 20 heavy (non-hydrogen) atoms. The van der Waals surface area contributed by atoms with Crippen molar-refractivity contribution in [3.63, 3.8) is 0 Å². The van der Waals surface area contributed by atoms with Gasteiger partial charge in [0, 0.05) is 23.1 Å². The molecule has 1 aromatic carbocycles. The third kappa shape index (κ3) is 3.48. The maximum Gasteiger partial charge on any atom is 0.336 e. The van der Waals surface area contributed by atoms with E-state index in [0.29, 0.717) is 0 Å². The molecule has 102 valence electrons. The Morgan fingerprint density at radius 3 is 2.85 bits per heavy atom. The number of nitrogens with zero attached hydrogens (tertiary/aromatic N) is 1. The predicted octanol–water partition coefficient (Wildman–Crippen LogP) is 3.41. The summed E-state index contributed by atoms with van der Waals surface area (Å²) >= 11 is 1.42. The topological polar surface area (TPSA) is 69.4 Å². The fourth-order valence-electron chi connectivity index (χ4n) is 1.40. The maximum atomic E-state index is 13.0. The molecule has 1 aromatic heterocycles. The van der Waals surface area contributed by atoms with Gasteiger partial charge >= 0.3 is 11.7 Å². The lowest BCUT2D eigenvalue weighted by molar-refractivity contribution is -0.385.